The first kappa shape index (κ1) is 7.72. The van der Waals surface area contributed by atoms with E-state index >= 15 is 0 Å². The molecule has 1 radical (unpaired) electrons. The maximum atomic E-state index is 10.3. The molecular weight excluding hydrogens is 142 g/mol. The van der Waals surface area contributed by atoms with Crippen molar-refractivity contribution in [3.63, 3.8) is 0 Å². The van der Waals surface area contributed by atoms with E-state index in [0.717, 1.165) is 5.56 Å². The normalized spacial score (nSPS) is 9.55. The van der Waals surface area contributed by atoms with E-state index < -0.39 is 5.97 Å². The second-order valence-electron chi connectivity index (χ2n) is 2.11. The zero-order valence-corrected chi connectivity index (χ0v) is 5.95. The zero-order valence-electron chi connectivity index (χ0n) is 5.95. The van der Waals surface area contributed by atoms with Crippen molar-refractivity contribution in [1.29, 1.82) is 0 Å². The standard InChI is InChI=1S/C8H8NO2/c1-2-6-3-4-7(8(10)11)9-5-6/h3-5H,1-2H2,(H,10,11). The summed E-state index contributed by atoms with van der Waals surface area (Å²) in [5.41, 5.74) is 1.01. The SMILES string of the molecule is [CH2]Cc1ccc(C(=O)O)nc1. The fraction of sp³-hybridized carbons (Fsp3) is 0.125. The van der Waals surface area contributed by atoms with Gasteiger partial charge in [0, 0.05) is 6.20 Å². The summed E-state index contributed by atoms with van der Waals surface area (Å²) in [6.45, 7) is 3.64. The number of aromatic nitrogens is 1. The van der Waals surface area contributed by atoms with E-state index in [2.05, 4.69) is 11.9 Å². The van der Waals surface area contributed by atoms with Gasteiger partial charge in [-0.2, -0.15) is 0 Å². The Labute approximate surface area is 64.7 Å². The third-order valence-electron chi connectivity index (χ3n) is 1.33. The van der Waals surface area contributed by atoms with Crippen LogP contribution in [0.2, 0.25) is 0 Å². The number of carbonyl (C=O) groups is 1. The molecule has 1 aromatic rings. The summed E-state index contributed by atoms with van der Waals surface area (Å²) in [6.07, 6.45) is 2.16. The lowest BCUT2D eigenvalue weighted by Crippen LogP contribution is -1.99. The van der Waals surface area contributed by atoms with Crippen LogP contribution >= 0.6 is 0 Å². The molecule has 0 saturated carbocycles. The summed E-state index contributed by atoms with van der Waals surface area (Å²) in [4.78, 5) is 14.0. The maximum absolute atomic E-state index is 10.3. The highest BCUT2D eigenvalue weighted by Crippen LogP contribution is 1.99. The largest absolute Gasteiger partial charge is 0.477 e. The number of pyridine rings is 1. The van der Waals surface area contributed by atoms with Gasteiger partial charge in [-0.05, 0) is 25.0 Å². The van der Waals surface area contributed by atoms with E-state index in [4.69, 9.17) is 5.11 Å². The molecule has 0 aliphatic heterocycles. The van der Waals surface area contributed by atoms with Gasteiger partial charge in [-0.15, -0.1) is 0 Å². The van der Waals surface area contributed by atoms with Crippen LogP contribution in [-0.2, 0) is 6.42 Å². The summed E-state index contributed by atoms with van der Waals surface area (Å²) in [5.74, 6) is -0.999. The first-order valence-corrected chi connectivity index (χ1v) is 3.21. The van der Waals surface area contributed by atoms with Crippen LogP contribution in [0, 0.1) is 6.92 Å². The molecule has 1 N–H and O–H groups in total. The molecule has 0 unspecified atom stereocenters. The highest BCUT2D eigenvalue weighted by atomic mass is 16.4. The number of hydrogen-bond acceptors (Lipinski definition) is 2. The van der Waals surface area contributed by atoms with Gasteiger partial charge >= 0.3 is 5.97 Å². The second kappa shape index (κ2) is 3.14. The Balaban J connectivity index is 2.91. The average Bonchev–Trinajstić information content (AvgIpc) is 2.05. The number of rotatable bonds is 2. The van der Waals surface area contributed by atoms with Crippen LogP contribution < -0.4 is 0 Å². The minimum Gasteiger partial charge on any atom is -0.477 e. The van der Waals surface area contributed by atoms with Crippen LogP contribution in [-0.4, -0.2) is 16.1 Å². The van der Waals surface area contributed by atoms with E-state index in [1.165, 1.54) is 12.3 Å². The molecule has 3 nitrogen and oxygen atoms in total. The fourth-order valence-corrected chi connectivity index (χ4v) is 0.699. The Morgan fingerprint density at radius 1 is 1.64 bits per heavy atom. The lowest BCUT2D eigenvalue weighted by atomic mass is 10.2. The van der Waals surface area contributed by atoms with Crippen molar-refractivity contribution in [3.05, 3.63) is 36.5 Å². The van der Waals surface area contributed by atoms with Gasteiger partial charge in [0.05, 0.1) is 0 Å². The number of nitrogens with zero attached hydrogens (tertiary/aromatic N) is 1. The maximum Gasteiger partial charge on any atom is 0.354 e. The molecule has 1 aromatic heterocycles. The molecule has 0 aliphatic carbocycles. The van der Waals surface area contributed by atoms with Gasteiger partial charge in [-0.3, -0.25) is 0 Å². The molecule has 1 rings (SSSR count). The van der Waals surface area contributed by atoms with Gasteiger partial charge < -0.3 is 5.11 Å². The number of aromatic carboxylic acids is 1. The van der Waals surface area contributed by atoms with Crippen LogP contribution in [0.15, 0.2) is 18.3 Å². The van der Waals surface area contributed by atoms with E-state index in [0.29, 0.717) is 6.42 Å². The van der Waals surface area contributed by atoms with Gasteiger partial charge in [0.15, 0.2) is 0 Å². The van der Waals surface area contributed by atoms with Crippen LogP contribution in [0.1, 0.15) is 16.1 Å². The highest BCUT2D eigenvalue weighted by Gasteiger charge is 2.01. The fourth-order valence-electron chi connectivity index (χ4n) is 0.699. The monoisotopic (exact) mass is 150 g/mol. The molecule has 0 fully saturated rings. The lowest BCUT2D eigenvalue weighted by molar-refractivity contribution is 0.0690. The number of hydrogen-bond donors (Lipinski definition) is 1. The molecule has 0 atom stereocenters. The quantitative estimate of drug-likeness (QED) is 0.688. The first-order chi connectivity index (χ1) is 5.24. The van der Waals surface area contributed by atoms with E-state index in [-0.39, 0.29) is 5.69 Å². The summed E-state index contributed by atoms with van der Waals surface area (Å²) in [7, 11) is 0. The van der Waals surface area contributed by atoms with Crippen LogP contribution in [0.3, 0.4) is 0 Å². The second-order valence-corrected chi connectivity index (χ2v) is 2.11. The lowest BCUT2D eigenvalue weighted by Gasteiger charge is -1.95. The summed E-state index contributed by atoms with van der Waals surface area (Å²) in [6, 6.07) is 3.19. The minimum atomic E-state index is -0.999. The number of carboxylic acids is 1. The van der Waals surface area contributed by atoms with Crippen molar-refractivity contribution in [3.8, 4) is 0 Å². The minimum absolute atomic E-state index is 0.0715. The van der Waals surface area contributed by atoms with E-state index in [9.17, 15) is 4.79 Å². The molecular formula is C8H8NO2. The Bertz CT molecular complexity index is 253. The van der Waals surface area contributed by atoms with Crippen molar-refractivity contribution in [2.45, 2.75) is 6.42 Å². The first-order valence-electron chi connectivity index (χ1n) is 3.21. The molecule has 11 heavy (non-hydrogen) atoms. The van der Waals surface area contributed by atoms with Crippen LogP contribution in [0.4, 0.5) is 0 Å². The molecule has 0 spiro atoms. The molecule has 0 aliphatic rings. The van der Waals surface area contributed by atoms with Gasteiger partial charge in [-0.25, -0.2) is 9.78 Å². The molecule has 0 saturated heterocycles. The van der Waals surface area contributed by atoms with Crippen molar-refractivity contribution in [2.75, 3.05) is 0 Å². The molecule has 3 heteroatoms. The van der Waals surface area contributed by atoms with E-state index in [1.54, 1.807) is 6.07 Å². The molecule has 0 amide bonds. The predicted molar refractivity (Wildman–Crippen MR) is 40.3 cm³/mol. The molecule has 0 aromatic carbocycles. The van der Waals surface area contributed by atoms with E-state index in [1.807, 2.05) is 0 Å². The van der Waals surface area contributed by atoms with Crippen LogP contribution in [0.5, 0.6) is 0 Å². The predicted octanol–water partition coefficient (Wildman–Crippen LogP) is 1.16. The average molecular weight is 150 g/mol. The van der Waals surface area contributed by atoms with Gasteiger partial charge in [0.1, 0.15) is 5.69 Å². The third-order valence-corrected chi connectivity index (χ3v) is 1.33. The Kier molecular flexibility index (Phi) is 2.21. The Hall–Kier alpha value is -1.38. The van der Waals surface area contributed by atoms with Gasteiger partial charge in [0.25, 0.3) is 0 Å². The smallest absolute Gasteiger partial charge is 0.354 e. The van der Waals surface area contributed by atoms with Gasteiger partial charge in [-0.1, -0.05) is 6.07 Å². The van der Waals surface area contributed by atoms with Crippen molar-refractivity contribution >= 4 is 5.97 Å². The highest BCUT2D eigenvalue weighted by molar-refractivity contribution is 5.85. The molecule has 0 bridgehead atoms. The van der Waals surface area contributed by atoms with Crippen LogP contribution in [0.25, 0.3) is 0 Å². The van der Waals surface area contributed by atoms with Crippen molar-refractivity contribution < 1.29 is 9.90 Å². The third kappa shape index (κ3) is 1.77. The summed E-state index contributed by atoms with van der Waals surface area (Å²) in [5, 5.41) is 8.47. The molecule has 1 heterocycles. The summed E-state index contributed by atoms with van der Waals surface area (Å²) >= 11 is 0. The van der Waals surface area contributed by atoms with Gasteiger partial charge in [0.2, 0.25) is 0 Å². The molecule has 57 valence electrons. The van der Waals surface area contributed by atoms with Crippen molar-refractivity contribution in [2.24, 2.45) is 0 Å². The topological polar surface area (TPSA) is 50.2 Å². The zero-order chi connectivity index (χ0) is 8.27. The number of carboxylic acid groups (broad SMARTS) is 1. The van der Waals surface area contributed by atoms with Crippen molar-refractivity contribution in [1.82, 2.24) is 4.98 Å². The summed E-state index contributed by atoms with van der Waals surface area (Å²) < 4.78 is 0. The Morgan fingerprint density at radius 2 is 2.36 bits per heavy atom. The Morgan fingerprint density at radius 3 is 2.73 bits per heavy atom.